The quantitative estimate of drug-likeness (QED) is 0.724. The third-order valence-electron chi connectivity index (χ3n) is 4.19. The SMILES string of the molecule is O=C(O)[C@@H]1[C@@H](C(=O)NC2CCCC2)[C@@H]2C=C[C@@H]1O2. The molecule has 1 aliphatic carbocycles. The van der Waals surface area contributed by atoms with Crippen LogP contribution in [0.1, 0.15) is 25.7 Å². The summed E-state index contributed by atoms with van der Waals surface area (Å²) in [6.07, 6.45) is 7.04. The van der Waals surface area contributed by atoms with Crippen molar-refractivity contribution < 1.29 is 19.4 Å². The van der Waals surface area contributed by atoms with E-state index in [2.05, 4.69) is 5.32 Å². The average Bonchev–Trinajstić information content (AvgIpc) is 3.03. The molecule has 1 saturated carbocycles. The number of aliphatic carboxylic acids is 1. The molecule has 2 fully saturated rings. The monoisotopic (exact) mass is 251 g/mol. The number of ether oxygens (including phenoxy) is 1. The number of nitrogens with one attached hydrogen (secondary N) is 1. The summed E-state index contributed by atoms with van der Waals surface area (Å²) in [5.41, 5.74) is 0. The number of rotatable bonds is 3. The van der Waals surface area contributed by atoms with Gasteiger partial charge in [0.15, 0.2) is 0 Å². The van der Waals surface area contributed by atoms with Crippen LogP contribution >= 0.6 is 0 Å². The molecule has 0 unspecified atom stereocenters. The molecule has 3 rings (SSSR count). The normalized spacial score (nSPS) is 38.2. The fourth-order valence-electron chi connectivity index (χ4n) is 3.28. The Morgan fingerprint density at radius 2 is 1.72 bits per heavy atom. The lowest BCUT2D eigenvalue weighted by Crippen LogP contribution is -2.45. The summed E-state index contributed by atoms with van der Waals surface area (Å²) >= 11 is 0. The van der Waals surface area contributed by atoms with Crippen LogP contribution in [0.25, 0.3) is 0 Å². The molecule has 5 heteroatoms. The van der Waals surface area contributed by atoms with Gasteiger partial charge in [0.25, 0.3) is 0 Å². The second-order valence-electron chi connectivity index (χ2n) is 5.33. The van der Waals surface area contributed by atoms with Crippen molar-refractivity contribution in [3.05, 3.63) is 12.2 Å². The van der Waals surface area contributed by atoms with Gasteiger partial charge in [0, 0.05) is 6.04 Å². The lowest BCUT2D eigenvalue weighted by Gasteiger charge is -2.23. The van der Waals surface area contributed by atoms with E-state index < -0.39 is 23.9 Å². The molecule has 2 bridgehead atoms. The first-order chi connectivity index (χ1) is 8.66. The molecule has 2 N–H and O–H groups in total. The molecule has 5 nitrogen and oxygen atoms in total. The maximum absolute atomic E-state index is 12.2. The van der Waals surface area contributed by atoms with Crippen LogP contribution < -0.4 is 5.32 Å². The highest BCUT2D eigenvalue weighted by molar-refractivity contribution is 5.87. The summed E-state index contributed by atoms with van der Waals surface area (Å²) in [6.45, 7) is 0. The van der Waals surface area contributed by atoms with Crippen molar-refractivity contribution in [2.45, 2.75) is 43.9 Å². The van der Waals surface area contributed by atoms with Gasteiger partial charge in [0.2, 0.25) is 5.91 Å². The first kappa shape index (κ1) is 11.7. The Morgan fingerprint density at radius 1 is 1.11 bits per heavy atom. The predicted molar refractivity (Wildman–Crippen MR) is 62.8 cm³/mol. The van der Waals surface area contributed by atoms with E-state index in [1.54, 1.807) is 6.08 Å². The van der Waals surface area contributed by atoms with Gasteiger partial charge in [0.1, 0.15) is 5.92 Å². The second-order valence-corrected chi connectivity index (χ2v) is 5.33. The molecule has 3 aliphatic rings. The molecule has 2 aliphatic heterocycles. The van der Waals surface area contributed by atoms with Crippen LogP contribution in [0.5, 0.6) is 0 Å². The Bertz CT molecular complexity index is 400. The average molecular weight is 251 g/mol. The third-order valence-corrected chi connectivity index (χ3v) is 4.19. The van der Waals surface area contributed by atoms with Crippen molar-refractivity contribution >= 4 is 11.9 Å². The highest BCUT2D eigenvalue weighted by atomic mass is 16.5. The van der Waals surface area contributed by atoms with Crippen LogP contribution in [0, 0.1) is 11.8 Å². The first-order valence-corrected chi connectivity index (χ1v) is 6.54. The van der Waals surface area contributed by atoms with E-state index in [4.69, 9.17) is 4.74 Å². The van der Waals surface area contributed by atoms with Gasteiger partial charge in [0.05, 0.1) is 18.1 Å². The summed E-state index contributed by atoms with van der Waals surface area (Å²) in [6, 6.07) is 0.218. The van der Waals surface area contributed by atoms with Gasteiger partial charge in [-0.05, 0) is 12.8 Å². The van der Waals surface area contributed by atoms with Crippen molar-refractivity contribution in [3.8, 4) is 0 Å². The number of carboxylic acid groups (broad SMARTS) is 1. The number of carbonyl (C=O) groups excluding carboxylic acids is 1. The van der Waals surface area contributed by atoms with Crippen molar-refractivity contribution in [1.29, 1.82) is 0 Å². The molecule has 2 heterocycles. The Kier molecular flexibility index (Phi) is 2.86. The van der Waals surface area contributed by atoms with Crippen LogP contribution in [0.2, 0.25) is 0 Å². The van der Waals surface area contributed by atoms with Crippen molar-refractivity contribution in [3.63, 3.8) is 0 Å². The van der Waals surface area contributed by atoms with E-state index in [0.29, 0.717) is 0 Å². The van der Waals surface area contributed by atoms with E-state index in [0.717, 1.165) is 25.7 Å². The van der Waals surface area contributed by atoms with Crippen molar-refractivity contribution in [2.24, 2.45) is 11.8 Å². The summed E-state index contributed by atoms with van der Waals surface area (Å²) in [5.74, 6) is -2.41. The molecule has 0 aromatic heterocycles. The van der Waals surface area contributed by atoms with Crippen LogP contribution in [-0.2, 0) is 14.3 Å². The summed E-state index contributed by atoms with van der Waals surface area (Å²) < 4.78 is 5.49. The smallest absolute Gasteiger partial charge is 0.310 e. The highest BCUT2D eigenvalue weighted by Gasteiger charge is 2.53. The fraction of sp³-hybridized carbons (Fsp3) is 0.692. The Labute approximate surface area is 105 Å². The van der Waals surface area contributed by atoms with E-state index in [1.807, 2.05) is 6.08 Å². The van der Waals surface area contributed by atoms with Crippen LogP contribution in [0.15, 0.2) is 12.2 Å². The Balaban J connectivity index is 1.71. The first-order valence-electron chi connectivity index (χ1n) is 6.54. The van der Waals surface area contributed by atoms with E-state index in [9.17, 15) is 14.7 Å². The molecule has 0 aromatic carbocycles. The van der Waals surface area contributed by atoms with Gasteiger partial charge >= 0.3 is 5.97 Å². The number of fused-ring (bicyclic) bond motifs is 2. The van der Waals surface area contributed by atoms with Gasteiger partial charge in [-0.2, -0.15) is 0 Å². The highest BCUT2D eigenvalue weighted by Crippen LogP contribution is 2.39. The lowest BCUT2D eigenvalue weighted by molar-refractivity contribution is -0.146. The molecular formula is C13H17NO4. The topological polar surface area (TPSA) is 75.6 Å². The molecule has 0 aromatic rings. The molecule has 4 atom stereocenters. The summed E-state index contributed by atoms with van der Waals surface area (Å²) in [4.78, 5) is 23.5. The van der Waals surface area contributed by atoms with Gasteiger partial charge in [-0.1, -0.05) is 25.0 Å². The van der Waals surface area contributed by atoms with Crippen LogP contribution in [0.3, 0.4) is 0 Å². The molecule has 1 amide bonds. The zero-order valence-electron chi connectivity index (χ0n) is 10.0. The minimum absolute atomic E-state index is 0.161. The second kappa shape index (κ2) is 4.39. The standard InChI is InChI=1S/C13H17NO4/c15-12(14-7-3-1-2-4-7)10-8-5-6-9(18-8)11(10)13(16)17/h5-11H,1-4H2,(H,14,15)(H,16,17)/t8-,9-,10-,11-/m0/s1. The van der Waals surface area contributed by atoms with Crippen molar-refractivity contribution in [1.82, 2.24) is 5.32 Å². The van der Waals surface area contributed by atoms with E-state index >= 15 is 0 Å². The number of carboxylic acids is 1. The molecule has 0 spiro atoms. The maximum Gasteiger partial charge on any atom is 0.310 e. The number of hydrogen-bond acceptors (Lipinski definition) is 3. The van der Waals surface area contributed by atoms with E-state index in [-0.39, 0.29) is 18.1 Å². The Morgan fingerprint density at radius 3 is 2.33 bits per heavy atom. The third kappa shape index (κ3) is 1.82. The van der Waals surface area contributed by atoms with Gasteiger partial charge in [-0.25, -0.2) is 0 Å². The van der Waals surface area contributed by atoms with Gasteiger partial charge < -0.3 is 15.2 Å². The van der Waals surface area contributed by atoms with Gasteiger partial charge in [-0.15, -0.1) is 0 Å². The predicted octanol–water partition coefficient (Wildman–Crippen LogP) is 0.699. The lowest BCUT2D eigenvalue weighted by atomic mass is 9.82. The molecule has 1 saturated heterocycles. The minimum atomic E-state index is -0.946. The minimum Gasteiger partial charge on any atom is -0.481 e. The van der Waals surface area contributed by atoms with Crippen LogP contribution in [0.4, 0.5) is 0 Å². The zero-order chi connectivity index (χ0) is 12.7. The number of hydrogen-bond donors (Lipinski definition) is 2. The van der Waals surface area contributed by atoms with Crippen LogP contribution in [-0.4, -0.2) is 35.2 Å². The van der Waals surface area contributed by atoms with E-state index in [1.165, 1.54) is 0 Å². The Hall–Kier alpha value is -1.36. The fourth-order valence-corrected chi connectivity index (χ4v) is 3.28. The van der Waals surface area contributed by atoms with Gasteiger partial charge in [-0.3, -0.25) is 9.59 Å². The summed E-state index contributed by atoms with van der Waals surface area (Å²) in [5, 5.41) is 12.2. The molecule has 18 heavy (non-hydrogen) atoms. The molecular weight excluding hydrogens is 234 g/mol. The maximum atomic E-state index is 12.2. The summed E-state index contributed by atoms with van der Waals surface area (Å²) in [7, 11) is 0. The largest absolute Gasteiger partial charge is 0.481 e. The number of carbonyl (C=O) groups is 2. The van der Waals surface area contributed by atoms with Crippen molar-refractivity contribution in [2.75, 3.05) is 0 Å². The molecule has 98 valence electrons. The number of amides is 1. The molecule has 0 radical (unpaired) electrons. The zero-order valence-corrected chi connectivity index (χ0v) is 10.0.